The van der Waals surface area contributed by atoms with Crippen LogP contribution in [0.5, 0.6) is 5.75 Å². The highest BCUT2D eigenvalue weighted by Gasteiger charge is 2.29. The summed E-state index contributed by atoms with van der Waals surface area (Å²) >= 11 is 4.69. The number of aliphatic hydroxyl groups excluding tert-OH is 2. The molecule has 1 heterocycles. The van der Waals surface area contributed by atoms with Crippen molar-refractivity contribution in [3.8, 4) is 17.6 Å². The molecule has 0 radical (unpaired) electrons. The van der Waals surface area contributed by atoms with Crippen molar-refractivity contribution in [1.29, 1.82) is 0 Å². The highest BCUT2D eigenvalue weighted by Crippen LogP contribution is 2.28. The molecule has 5 nitrogen and oxygen atoms in total. The van der Waals surface area contributed by atoms with Gasteiger partial charge in [0.2, 0.25) is 0 Å². The van der Waals surface area contributed by atoms with Crippen LogP contribution in [0.1, 0.15) is 34.0 Å². The number of para-hydroxylation sites is 1. The van der Waals surface area contributed by atoms with Crippen molar-refractivity contribution in [3.05, 3.63) is 100 Å². The highest BCUT2D eigenvalue weighted by molar-refractivity contribution is 7.81. The molecule has 7 heteroatoms. The first kappa shape index (κ1) is 24.8. The van der Waals surface area contributed by atoms with Crippen LogP contribution >= 0.6 is 12.6 Å². The number of methoxy groups -OCH3 is 1. The Labute approximate surface area is 209 Å². The van der Waals surface area contributed by atoms with Crippen LogP contribution in [0, 0.1) is 24.6 Å². The molecule has 0 spiro atoms. The fraction of sp³-hybridized carbons (Fsp3) is 0.214. The first-order valence-corrected chi connectivity index (χ1v) is 11.6. The topological polar surface area (TPSA) is 77.5 Å². The first-order valence-electron chi connectivity index (χ1n) is 11.1. The van der Waals surface area contributed by atoms with Crippen LogP contribution < -0.4 is 10.1 Å². The third-order valence-corrected chi connectivity index (χ3v) is 6.33. The summed E-state index contributed by atoms with van der Waals surface area (Å²) in [5.74, 6) is 6.03. The van der Waals surface area contributed by atoms with Crippen molar-refractivity contribution < 1.29 is 19.3 Å². The van der Waals surface area contributed by atoms with Crippen molar-refractivity contribution in [1.82, 2.24) is 10.3 Å². The van der Waals surface area contributed by atoms with Crippen LogP contribution in [0.3, 0.4) is 0 Å². The van der Waals surface area contributed by atoms with E-state index in [-0.39, 0.29) is 6.61 Å². The predicted octanol–water partition coefficient (Wildman–Crippen LogP) is 4.47. The quantitative estimate of drug-likeness (QED) is 0.151. The molecule has 1 aromatic heterocycles. The Hall–Kier alpha value is -3.28. The summed E-state index contributed by atoms with van der Waals surface area (Å²) in [5, 5.41) is 25.3. The van der Waals surface area contributed by atoms with Gasteiger partial charge in [-0.15, -0.1) is 0 Å². The second-order valence-corrected chi connectivity index (χ2v) is 9.29. The van der Waals surface area contributed by atoms with Gasteiger partial charge in [0.1, 0.15) is 17.8 Å². The van der Waals surface area contributed by atoms with Gasteiger partial charge in [0.05, 0.1) is 24.2 Å². The number of halogens is 1. The second kappa shape index (κ2) is 10.5. The minimum atomic E-state index is -1.10. The van der Waals surface area contributed by atoms with Crippen molar-refractivity contribution in [3.63, 3.8) is 0 Å². The summed E-state index contributed by atoms with van der Waals surface area (Å²) in [6.45, 7) is 1.58. The fourth-order valence-electron chi connectivity index (χ4n) is 4.01. The van der Waals surface area contributed by atoms with Gasteiger partial charge in [-0.3, -0.25) is 5.32 Å². The smallest absolute Gasteiger partial charge is 0.134 e. The van der Waals surface area contributed by atoms with E-state index in [1.807, 2.05) is 49.5 Å². The molecule has 180 valence electrons. The maximum atomic E-state index is 13.7. The number of ether oxygens (including phenoxy) is 1. The molecule has 0 bridgehead atoms. The van der Waals surface area contributed by atoms with Crippen molar-refractivity contribution in [2.75, 3.05) is 13.7 Å². The van der Waals surface area contributed by atoms with E-state index >= 15 is 0 Å². The van der Waals surface area contributed by atoms with Gasteiger partial charge in [0, 0.05) is 29.1 Å². The van der Waals surface area contributed by atoms with Crippen LogP contribution in [-0.4, -0.2) is 33.8 Å². The molecule has 0 saturated carbocycles. The predicted molar refractivity (Wildman–Crippen MR) is 139 cm³/mol. The normalized spacial score (nSPS) is 13.7. The molecule has 0 aliphatic carbocycles. The Morgan fingerprint density at radius 1 is 1.14 bits per heavy atom. The lowest BCUT2D eigenvalue weighted by Gasteiger charge is -2.31. The summed E-state index contributed by atoms with van der Waals surface area (Å²) in [4.78, 5) is 2.15. The lowest BCUT2D eigenvalue weighted by Crippen LogP contribution is -2.47. The van der Waals surface area contributed by atoms with Gasteiger partial charge in [0.15, 0.2) is 0 Å². The zero-order valence-electron chi connectivity index (χ0n) is 19.5. The monoisotopic (exact) mass is 490 g/mol. The van der Waals surface area contributed by atoms with E-state index in [2.05, 4.69) is 34.8 Å². The largest absolute Gasteiger partial charge is 0.495 e. The molecule has 0 aliphatic heterocycles. The molecular formula is C28H27FN2O3S. The Balaban J connectivity index is 1.57. The number of hydrogen-bond donors (Lipinski definition) is 5. The molecule has 0 aliphatic rings. The van der Waals surface area contributed by atoms with Gasteiger partial charge in [-0.2, -0.15) is 12.6 Å². The molecule has 4 N–H and O–H groups in total. The second-order valence-electron chi connectivity index (χ2n) is 8.44. The number of aromatic amines is 1. The average molecular weight is 491 g/mol. The molecule has 0 amide bonds. The first-order chi connectivity index (χ1) is 16.8. The number of benzene rings is 3. The molecule has 35 heavy (non-hydrogen) atoms. The molecule has 0 saturated heterocycles. The minimum absolute atomic E-state index is 0.301. The molecule has 2 atom stereocenters. The molecule has 0 fully saturated rings. The van der Waals surface area contributed by atoms with Crippen molar-refractivity contribution >= 4 is 23.5 Å². The third kappa shape index (κ3) is 5.69. The zero-order valence-corrected chi connectivity index (χ0v) is 20.4. The van der Waals surface area contributed by atoms with E-state index in [0.717, 1.165) is 22.0 Å². The van der Waals surface area contributed by atoms with Gasteiger partial charge >= 0.3 is 0 Å². The fourth-order valence-corrected chi connectivity index (χ4v) is 4.30. The van der Waals surface area contributed by atoms with E-state index in [0.29, 0.717) is 28.9 Å². The number of thiol groups is 1. The number of rotatable bonds is 7. The number of nitrogens with one attached hydrogen (secondary N) is 2. The number of aryl methyl sites for hydroxylation is 1. The SMILES string of the molecule is COc1ccc(F)cc1C#Cc1ccc(C)c(C(O)NC(S)(CO)Cc2c[nH]c3ccccc23)c1. The Bertz CT molecular complexity index is 1410. The van der Waals surface area contributed by atoms with Crippen LogP contribution in [0.2, 0.25) is 0 Å². The Morgan fingerprint density at radius 2 is 1.94 bits per heavy atom. The Morgan fingerprint density at radius 3 is 2.71 bits per heavy atom. The van der Waals surface area contributed by atoms with Crippen LogP contribution in [0.15, 0.2) is 66.9 Å². The summed E-state index contributed by atoms with van der Waals surface area (Å²) in [6, 6.07) is 17.5. The molecule has 2 unspecified atom stereocenters. The van der Waals surface area contributed by atoms with E-state index in [1.165, 1.54) is 25.3 Å². The lowest BCUT2D eigenvalue weighted by molar-refractivity contribution is 0.0936. The summed E-state index contributed by atoms with van der Waals surface area (Å²) < 4.78 is 18.9. The van der Waals surface area contributed by atoms with Gasteiger partial charge in [-0.25, -0.2) is 4.39 Å². The molecular weight excluding hydrogens is 463 g/mol. The van der Waals surface area contributed by atoms with E-state index in [1.54, 1.807) is 6.07 Å². The summed E-state index contributed by atoms with van der Waals surface area (Å²) in [7, 11) is 1.51. The van der Waals surface area contributed by atoms with Gasteiger partial charge in [-0.1, -0.05) is 36.1 Å². The van der Waals surface area contributed by atoms with Gasteiger partial charge in [0.25, 0.3) is 0 Å². The minimum Gasteiger partial charge on any atom is -0.495 e. The van der Waals surface area contributed by atoms with E-state index in [4.69, 9.17) is 4.74 Å². The summed E-state index contributed by atoms with van der Waals surface area (Å²) in [6.07, 6.45) is 1.17. The zero-order chi connectivity index (χ0) is 25.0. The van der Waals surface area contributed by atoms with Crippen LogP contribution in [0.25, 0.3) is 10.9 Å². The van der Waals surface area contributed by atoms with Crippen LogP contribution in [-0.2, 0) is 6.42 Å². The standard InChI is InChI=1S/C28H27FN2O3S/c1-18-7-8-19(9-10-20-14-22(29)11-12-26(20)34-2)13-24(18)27(33)31-28(35,17-32)15-21-16-30-25-6-4-3-5-23(21)25/h3-8,11-14,16,27,30-33,35H,15,17H2,1-2H3. The molecule has 4 rings (SSSR count). The third-order valence-electron chi connectivity index (χ3n) is 5.90. The van der Waals surface area contributed by atoms with E-state index in [9.17, 15) is 14.6 Å². The van der Waals surface area contributed by atoms with E-state index < -0.39 is 16.9 Å². The number of hydrogen-bond acceptors (Lipinski definition) is 5. The highest BCUT2D eigenvalue weighted by atomic mass is 32.1. The maximum Gasteiger partial charge on any atom is 0.134 e. The van der Waals surface area contributed by atoms with Crippen molar-refractivity contribution in [2.24, 2.45) is 0 Å². The number of H-pyrrole nitrogens is 1. The maximum absolute atomic E-state index is 13.7. The number of aliphatic hydroxyl groups is 2. The van der Waals surface area contributed by atoms with Crippen molar-refractivity contribution in [2.45, 2.75) is 24.4 Å². The molecule has 3 aromatic carbocycles. The summed E-state index contributed by atoms with van der Waals surface area (Å²) in [5.41, 5.74) is 4.50. The average Bonchev–Trinajstić information content (AvgIpc) is 3.26. The molecule has 4 aromatic rings. The van der Waals surface area contributed by atoms with Gasteiger partial charge in [-0.05, 0) is 60.0 Å². The Kier molecular flexibility index (Phi) is 7.48. The number of aromatic nitrogens is 1. The number of fused-ring (bicyclic) bond motifs is 1. The van der Waals surface area contributed by atoms with Crippen LogP contribution in [0.4, 0.5) is 4.39 Å². The van der Waals surface area contributed by atoms with Gasteiger partial charge < -0.3 is 19.9 Å². The lowest BCUT2D eigenvalue weighted by atomic mass is 10.0.